The normalized spacial score (nSPS) is 13.7. The molecule has 5 heteroatoms. The first-order valence-electron chi connectivity index (χ1n) is 9.76. The number of carbonyl (C=O) groups is 1. The second kappa shape index (κ2) is 8.33. The van der Waals surface area contributed by atoms with Gasteiger partial charge in [0.2, 0.25) is 0 Å². The van der Waals surface area contributed by atoms with Crippen LogP contribution in [0.2, 0.25) is 0 Å². The van der Waals surface area contributed by atoms with Crippen LogP contribution in [0, 0.1) is 0 Å². The molecule has 5 nitrogen and oxygen atoms in total. The highest BCUT2D eigenvalue weighted by atomic mass is 16.5. The van der Waals surface area contributed by atoms with Crippen LogP contribution < -0.4 is 19.5 Å². The Morgan fingerprint density at radius 2 is 1.67 bits per heavy atom. The summed E-state index contributed by atoms with van der Waals surface area (Å²) in [6.45, 7) is 2.54. The van der Waals surface area contributed by atoms with E-state index in [0.29, 0.717) is 23.7 Å². The molecule has 0 saturated carbocycles. The van der Waals surface area contributed by atoms with Crippen molar-refractivity contribution in [2.75, 3.05) is 26.1 Å². The lowest BCUT2D eigenvalue weighted by Crippen LogP contribution is -2.03. The molecule has 0 unspecified atom stereocenters. The number of carbonyl (C=O) groups excluding carboxylic acids is 1. The maximum absolute atomic E-state index is 12.6. The molecule has 1 aliphatic rings. The number of anilines is 1. The number of ether oxygens (including phenoxy) is 3. The summed E-state index contributed by atoms with van der Waals surface area (Å²) in [6, 6.07) is 19.3. The molecule has 0 radical (unpaired) electrons. The van der Waals surface area contributed by atoms with E-state index >= 15 is 0 Å². The highest BCUT2D eigenvalue weighted by Gasteiger charge is 2.24. The Morgan fingerprint density at radius 1 is 0.900 bits per heavy atom. The van der Waals surface area contributed by atoms with Crippen molar-refractivity contribution < 1.29 is 19.0 Å². The first-order chi connectivity index (χ1) is 14.6. The van der Waals surface area contributed by atoms with Crippen molar-refractivity contribution in [2.24, 2.45) is 0 Å². The Balaban J connectivity index is 1.91. The molecule has 0 aromatic heterocycles. The monoisotopic (exact) mass is 401 g/mol. The number of benzene rings is 3. The molecule has 0 saturated heterocycles. The van der Waals surface area contributed by atoms with E-state index in [0.717, 1.165) is 33.7 Å². The van der Waals surface area contributed by atoms with E-state index in [-0.39, 0.29) is 5.91 Å². The van der Waals surface area contributed by atoms with Crippen molar-refractivity contribution in [2.45, 2.75) is 6.92 Å². The standard InChI is InChI=1S/C25H23NO4/c1-4-30-18-9-7-8-16(12-18)20-15-24(29-3)23(28-2)14-17(20)13-21-19-10-5-6-11-22(19)26-25(21)27/h5-15H,4H2,1-3H3,(H,26,27). The predicted octanol–water partition coefficient (Wildman–Crippen LogP) is 5.26. The smallest absolute Gasteiger partial charge is 0.256 e. The molecule has 0 fully saturated rings. The minimum atomic E-state index is -0.125. The van der Waals surface area contributed by atoms with Crippen molar-refractivity contribution >= 4 is 23.2 Å². The highest BCUT2D eigenvalue weighted by molar-refractivity contribution is 6.35. The summed E-state index contributed by atoms with van der Waals surface area (Å²) in [5.74, 6) is 1.88. The molecule has 0 bridgehead atoms. The summed E-state index contributed by atoms with van der Waals surface area (Å²) >= 11 is 0. The summed E-state index contributed by atoms with van der Waals surface area (Å²) in [7, 11) is 3.21. The van der Waals surface area contributed by atoms with Gasteiger partial charge in [0.1, 0.15) is 5.75 Å². The van der Waals surface area contributed by atoms with E-state index in [4.69, 9.17) is 14.2 Å². The van der Waals surface area contributed by atoms with Crippen LogP contribution in [0.5, 0.6) is 17.2 Å². The minimum Gasteiger partial charge on any atom is -0.494 e. The van der Waals surface area contributed by atoms with Crippen molar-refractivity contribution in [3.05, 3.63) is 71.8 Å². The molecule has 0 aliphatic carbocycles. The third-order valence-corrected chi connectivity index (χ3v) is 5.02. The second-order valence-electron chi connectivity index (χ2n) is 6.81. The van der Waals surface area contributed by atoms with Crippen molar-refractivity contribution in [3.8, 4) is 28.4 Å². The van der Waals surface area contributed by atoms with Gasteiger partial charge < -0.3 is 19.5 Å². The van der Waals surface area contributed by atoms with Gasteiger partial charge in [0.05, 0.1) is 20.8 Å². The maximum Gasteiger partial charge on any atom is 0.256 e. The number of para-hydroxylation sites is 1. The Hall–Kier alpha value is -3.73. The molecule has 1 heterocycles. The third-order valence-electron chi connectivity index (χ3n) is 5.02. The van der Waals surface area contributed by atoms with Gasteiger partial charge in [-0.15, -0.1) is 0 Å². The van der Waals surface area contributed by atoms with Gasteiger partial charge >= 0.3 is 0 Å². The molecule has 4 rings (SSSR count). The number of amides is 1. The van der Waals surface area contributed by atoms with Crippen LogP contribution in [-0.4, -0.2) is 26.7 Å². The average molecular weight is 401 g/mol. The maximum atomic E-state index is 12.6. The van der Waals surface area contributed by atoms with Gasteiger partial charge in [-0.3, -0.25) is 4.79 Å². The van der Waals surface area contributed by atoms with Gasteiger partial charge in [0.25, 0.3) is 5.91 Å². The first-order valence-corrected chi connectivity index (χ1v) is 9.76. The summed E-state index contributed by atoms with van der Waals surface area (Å²) in [5.41, 5.74) is 5.03. The summed E-state index contributed by atoms with van der Waals surface area (Å²) in [5, 5.41) is 2.92. The SMILES string of the molecule is CCOc1cccc(-c2cc(OC)c(OC)cc2C=C2C(=O)Nc3ccccc32)c1. The Bertz CT molecular complexity index is 1130. The van der Waals surface area contributed by atoms with Crippen LogP contribution in [-0.2, 0) is 4.79 Å². The van der Waals surface area contributed by atoms with Crippen LogP contribution >= 0.6 is 0 Å². The fraction of sp³-hybridized carbons (Fsp3) is 0.160. The zero-order valence-electron chi connectivity index (χ0n) is 17.2. The molecule has 3 aromatic carbocycles. The molecule has 30 heavy (non-hydrogen) atoms. The van der Waals surface area contributed by atoms with Crippen LogP contribution in [0.15, 0.2) is 60.7 Å². The fourth-order valence-corrected chi connectivity index (χ4v) is 3.62. The van der Waals surface area contributed by atoms with E-state index < -0.39 is 0 Å². The number of hydrogen-bond donors (Lipinski definition) is 1. The predicted molar refractivity (Wildman–Crippen MR) is 119 cm³/mol. The number of methoxy groups -OCH3 is 2. The van der Waals surface area contributed by atoms with Crippen molar-refractivity contribution in [1.29, 1.82) is 0 Å². The molecule has 1 N–H and O–H groups in total. The van der Waals surface area contributed by atoms with E-state index in [1.807, 2.05) is 73.7 Å². The van der Waals surface area contributed by atoms with Crippen LogP contribution in [0.4, 0.5) is 5.69 Å². The Kier molecular flexibility index (Phi) is 5.44. The van der Waals surface area contributed by atoms with Gasteiger partial charge in [0.15, 0.2) is 11.5 Å². The molecule has 1 aliphatic heterocycles. The summed E-state index contributed by atoms with van der Waals surface area (Å²) in [4.78, 5) is 12.6. The largest absolute Gasteiger partial charge is 0.494 e. The van der Waals surface area contributed by atoms with Crippen LogP contribution in [0.3, 0.4) is 0 Å². The molecule has 1 amide bonds. The first kappa shape index (κ1) is 19.6. The molecule has 0 atom stereocenters. The van der Waals surface area contributed by atoms with Crippen molar-refractivity contribution in [1.82, 2.24) is 0 Å². The van der Waals surface area contributed by atoms with E-state index in [9.17, 15) is 4.79 Å². The molecular formula is C25H23NO4. The quantitative estimate of drug-likeness (QED) is 0.572. The zero-order valence-corrected chi connectivity index (χ0v) is 17.2. The van der Waals surface area contributed by atoms with E-state index in [1.54, 1.807) is 14.2 Å². The summed E-state index contributed by atoms with van der Waals surface area (Å²) < 4.78 is 16.7. The highest BCUT2D eigenvalue weighted by Crippen LogP contribution is 2.40. The van der Waals surface area contributed by atoms with Crippen LogP contribution in [0.25, 0.3) is 22.8 Å². The van der Waals surface area contributed by atoms with Gasteiger partial charge in [-0.25, -0.2) is 0 Å². The lowest BCUT2D eigenvalue weighted by molar-refractivity contribution is -0.110. The lowest BCUT2D eigenvalue weighted by Gasteiger charge is -2.15. The van der Waals surface area contributed by atoms with Gasteiger partial charge in [-0.2, -0.15) is 0 Å². The average Bonchev–Trinajstić information content (AvgIpc) is 3.09. The zero-order chi connectivity index (χ0) is 21.1. The van der Waals surface area contributed by atoms with Crippen LogP contribution in [0.1, 0.15) is 18.1 Å². The van der Waals surface area contributed by atoms with E-state index in [2.05, 4.69) is 5.32 Å². The second-order valence-corrected chi connectivity index (χ2v) is 6.81. The number of nitrogens with one attached hydrogen (secondary N) is 1. The van der Waals surface area contributed by atoms with Gasteiger partial charge in [-0.05, 0) is 60.0 Å². The summed E-state index contributed by atoms with van der Waals surface area (Å²) in [6.07, 6.45) is 1.89. The van der Waals surface area contributed by atoms with Crippen molar-refractivity contribution in [3.63, 3.8) is 0 Å². The van der Waals surface area contributed by atoms with Gasteiger partial charge in [0, 0.05) is 16.8 Å². The Morgan fingerprint density at radius 3 is 2.43 bits per heavy atom. The third kappa shape index (κ3) is 3.62. The lowest BCUT2D eigenvalue weighted by atomic mass is 9.95. The topological polar surface area (TPSA) is 56.8 Å². The molecule has 3 aromatic rings. The number of rotatable bonds is 6. The number of fused-ring (bicyclic) bond motifs is 1. The fourth-order valence-electron chi connectivity index (χ4n) is 3.62. The molecule has 152 valence electrons. The van der Waals surface area contributed by atoms with Gasteiger partial charge in [-0.1, -0.05) is 30.3 Å². The molecule has 0 spiro atoms. The minimum absolute atomic E-state index is 0.125. The van der Waals surface area contributed by atoms with E-state index in [1.165, 1.54) is 0 Å². The molecular weight excluding hydrogens is 378 g/mol. The number of hydrogen-bond acceptors (Lipinski definition) is 4. The Labute approximate surface area is 175 Å².